The van der Waals surface area contributed by atoms with Gasteiger partial charge in [0.25, 0.3) is 0 Å². The topological polar surface area (TPSA) is 46.5 Å². The van der Waals surface area contributed by atoms with E-state index in [1.54, 1.807) is 12.1 Å². The fourth-order valence-electron chi connectivity index (χ4n) is 0.998. The Kier molecular flexibility index (Phi) is 1.44. The Morgan fingerprint density at radius 1 is 1.55 bits per heavy atom. The van der Waals surface area contributed by atoms with E-state index >= 15 is 0 Å². The zero-order valence-electron chi connectivity index (χ0n) is 5.61. The van der Waals surface area contributed by atoms with E-state index in [9.17, 15) is 4.21 Å². The van der Waals surface area contributed by atoms with Crippen molar-refractivity contribution < 1.29 is 13.5 Å². The molecule has 0 spiro atoms. The summed E-state index contributed by atoms with van der Waals surface area (Å²) >= 11 is -1.37. The monoisotopic (exact) mass is 170 g/mol. The van der Waals surface area contributed by atoms with Gasteiger partial charge in [0.1, 0.15) is 5.75 Å². The first-order chi connectivity index (χ1) is 5.27. The lowest BCUT2D eigenvalue weighted by Crippen LogP contribution is -1.83. The van der Waals surface area contributed by atoms with Gasteiger partial charge in [-0.05, 0) is 17.7 Å². The molecule has 0 aromatic heterocycles. The molecule has 11 heavy (non-hydrogen) atoms. The minimum absolute atomic E-state index is 0.127. The predicted molar refractivity (Wildman–Crippen MR) is 39.3 cm³/mol. The summed E-state index contributed by atoms with van der Waals surface area (Å²) in [5, 5.41) is 9.02. The summed E-state index contributed by atoms with van der Waals surface area (Å²) in [7, 11) is 0. The van der Waals surface area contributed by atoms with Crippen LogP contribution in [0.3, 0.4) is 0 Å². The maximum atomic E-state index is 11.0. The van der Waals surface area contributed by atoms with Crippen molar-refractivity contribution in [2.75, 3.05) is 0 Å². The van der Waals surface area contributed by atoms with Crippen molar-refractivity contribution in [3.63, 3.8) is 0 Å². The van der Waals surface area contributed by atoms with Gasteiger partial charge in [-0.2, -0.15) is 0 Å². The molecule has 1 aromatic carbocycles. The smallest absolute Gasteiger partial charge is 0.190 e. The van der Waals surface area contributed by atoms with Gasteiger partial charge in [-0.25, -0.2) is 4.21 Å². The molecular formula is C7H6O3S. The third-order valence-corrected chi connectivity index (χ3v) is 2.62. The molecule has 0 fully saturated rings. The summed E-state index contributed by atoms with van der Waals surface area (Å²) in [6, 6.07) is 4.75. The fourth-order valence-corrected chi connectivity index (χ4v) is 1.92. The number of hydrogen-bond acceptors (Lipinski definition) is 3. The molecule has 1 heterocycles. The molecule has 0 aliphatic carbocycles. The predicted octanol–water partition coefficient (Wildman–Crippen LogP) is 0.945. The standard InChI is InChI=1S/C7H6O3S/c8-6-2-1-5-4-10-11(9)7(5)3-6/h1-3,8H,4H2. The Morgan fingerprint density at radius 3 is 3.18 bits per heavy atom. The van der Waals surface area contributed by atoms with E-state index in [1.807, 2.05) is 0 Å². The van der Waals surface area contributed by atoms with Crippen LogP contribution < -0.4 is 0 Å². The highest BCUT2D eigenvalue weighted by Gasteiger charge is 2.18. The Hall–Kier alpha value is -0.870. The van der Waals surface area contributed by atoms with Crippen LogP contribution in [0.1, 0.15) is 5.56 Å². The Morgan fingerprint density at radius 2 is 2.36 bits per heavy atom. The van der Waals surface area contributed by atoms with Crippen molar-refractivity contribution >= 4 is 11.1 Å². The maximum Gasteiger partial charge on any atom is 0.190 e. The Labute approximate surface area is 66.3 Å². The molecular weight excluding hydrogens is 164 g/mol. The van der Waals surface area contributed by atoms with E-state index in [0.717, 1.165) is 5.56 Å². The number of rotatable bonds is 0. The summed E-state index contributed by atoms with van der Waals surface area (Å²) in [6.45, 7) is 0.377. The first kappa shape index (κ1) is 6.82. The van der Waals surface area contributed by atoms with Crippen molar-refractivity contribution in [1.29, 1.82) is 0 Å². The van der Waals surface area contributed by atoms with Crippen molar-refractivity contribution in [3.8, 4) is 5.75 Å². The third-order valence-electron chi connectivity index (χ3n) is 1.55. The Bertz CT molecular complexity index is 321. The average Bonchev–Trinajstić information content (AvgIpc) is 2.33. The van der Waals surface area contributed by atoms with Gasteiger partial charge in [0.2, 0.25) is 0 Å². The fraction of sp³-hybridized carbons (Fsp3) is 0.143. The zero-order chi connectivity index (χ0) is 7.84. The van der Waals surface area contributed by atoms with E-state index in [4.69, 9.17) is 9.29 Å². The zero-order valence-corrected chi connectivity index (χ0v) is 6.43. The SMILES string of the molecule is O=S1OCc2ccc(O)cc21. The summed E-state index contributed by atoms with van der Waals surface area (Å²) in [4.78, 5) is 0.588. The van der Waals surface area contributed by atoms with Crippen LogP contribution in [0.25, 0.3) is 0 Å². The van der Waals surface area contributed by atoms with E-state index in [1.165, 1.54) is 6.07 Å². The third kappa shape index (κ3) is 1.04. The van der Waals surface area contributed by atoms with Gasteiger partial charge in [0, 0.05) is 0 Å². The van der Waals surface area contributed by atoms with Gasteiger partial charge in [-0.3, -0.25) is 4.18 Å². The summed E-state index contributed by atoms with van der Waals surface area (Å²) in [5.74, 6) is 0.127. The summed E-state index contributed by atoms with van der Waals surface area (Å²) < 4.78 is 15.8. The first-order valence-corrected chi connectivity index (χ1v) is 4.22. The second-order valence-corrected chi connectivity index (χ2v) is 3.43. The number of phenolic OH excluding ortho intramolecular Hbond substituents is 1. The highest BCUT2D eigenvalue weighted by Crippen LogP contribution is 2.26. The van der Waals surface area contributed by atoms with Gasteiger partial charge in [-0.1, -0.05) is 6.07 Å². The van der Waals surface area contributed by atoms with Gasteiger partial charge >= 0.3 is 0 Å². The van der Waals surface area contributed by atoms with Gasteiger partial charge < -0.3 is 5.11 Å². The van der Waals surface area contributed by atoms with E-state index in [2.05, 4.69) is 0 Å². The van der Waals surface area contributed by atoms with Crippen LogP contribution in [0.5, 0.6) is 5.75 Å². The number of phenols is 1. The molecule has 1 aliphatic heterocycles. The summed E-state index contributed by atoms with van der Waals surface area (Å²) in [6.07, 6.45) is 0. The van der Waals surface area contributed by atoms with E-state index in [-0.39, 0.29) is 5.75 Å². The molecule has 1 N–H and O–H groups in total. The second kappa shape index (κ2) is 2.32. The minimum Gasteiger partial charge on any atom is -0.508 e. The van der Waals surface area contributed by atoms with Crippen LogP contribution in [-0.4, -0.2) is 9.32 Å². The molecule has 58 valence electrons. The van der Waals surface area contributed by atoms with Crippen molar-refractivity contribution in [1.82, 2.24) is 0 Å². The van der Waals surface area contributed by atoms with Crippen LogP contribution in [0.4, 0.5) is 0 Å². The number of hydrogen-bond donors (Lipinski definition) is 1. The molecule has 0 bridgehead atoms. The van der Waals surface area contributed by atoms with Gasteiger partial charge in [0.05, 0.1) is 11.5 Å². The largest absolute Gasteiger partial charge is 0.508 e. The van der Waals surface area contributed by atoms with Crippen LogP contribution >= 0.6 is 0 Å². The minimum atomic E-state index is -1.37. The van der Waals surface area contributed by atoms with Crippen molar-refractivity contribution in [2.45, 2.75) is 11.5 Å². The molecule has 1 aliphatic rings. The van der Waals surface area contributed by atoms with E-state index < -0.39 is 11.1 Å². The summed E-state index contributed by atoms with van der Waals surface area (Å²) in [5.41, 5.74) is 0.890. The quantitative estimate of drug-likeness (QED) is 0.630. The van der Waals surface area contributed by atoms with Crippen LogP contribution in [0.15, 0.2) is 23.1 Å². The number of aromatic hydroxyl groups is 1. The average molecular weight is 170 g/mol. The number of benzene rings is 1. The van der Waals surface area contributed by atoms with Crippen LogP contribution in [0, 0.1) is 0 Å². The molecule has 0 amide bonds. The van der Waals surface area contributed by atoms with Crippen LogP contribution in [0.2, 0.25) is 0 Å². The lowest BCUT2D eigenvalue weighted by molar-refractivity contribution is 0.355. The molecule has 0 radical (unpaired) electrons. The molecule has 4 heteroatoms. The maximum absolute atomic E-state index is 11.0. The second-order valence-electron chi connectivity index (χ2n) is 2.29. The normalized spacial score (nSPS) is 21.6. The van der Waals surface area contributed by atoms with Crippen LogP contribution in [-0.2, 0) is 21.9 Å². The lowest BCUT2D eigenvalue weighted by Gasteiger charge is -1.93. The van der Waals surface area contributed by atoms with Crippen molar-refractivity contribution in [2.24, 2.45) is 0 Å². The lowest BCUT2D eigenvalue weighted by atomic mass is 10.2. The highest BCUT2D eigenvalue weighted by molar-refractivity contribution is 7.80. The molecule has 0 saturated heterocycles. The molecule has 1 atom stereocenters. The molecule has 1 aromatic rings. The molecule has 1 unspecified atom stereocenters. The van der Waals surface area contributed by atoms with Crippen molar-refractivity contribution in [3.05, 3.63) is 23.8 Å². The van der Waals surface area contributed by atoms with Gasteiger partial charge in [0.15, 0.2) is 11.1 Å². The first-order valence-electron chi connectivity index (χ1n) is 3.14. The molecule has 0 saturated carbocycles. The number of fused-ring (bicyclic) bond motifs is 1. The molecule has 2 rings (SSSR count). The highest BCUT2D eigenvalue weighted by atomic mass is 32.2. The molecule has 3 nitrogen and oxygen atoms in total. The van der Waals surface area contributed by atoms with E-state index in [0.29, 0.717) is 11.5 Å². The van der Waals surface area contributed by atoms with Gasteiger partial charge in [-0.15, -0.1) is 0 Å². The Balaban J connectivity index is 2.60.